The van der Waals surface area contributed by atoms with Crippen LogP contribution in [-0.2, 0) is 9.53 Å². The van der Waals surface area contributed by atoms with Crippen molar-refractivity contribution in [2.75, 3.05) is 33.1 Å². The van der Waals surface area contributed by atoms with Gasteiger partial charge in [-0.25, -0.2) is 0 Å². The molecule has 118 valence electrons. The first kappa shape index (κ1) is 19.7. The zero-order chi connectivity index (χ0) is 16.0. The van der Waals surface area contributed by atoms with Crippen LogP contribution in [0.4, 0.5) is 0 Å². The average molecular weight is 301 g/mol. The van der Waals surface area contributed by atoms with Gasteiger partial charge in [0.25, 0.3) is 0 Å². The number of carbonyl (C=O) groups is 1. The van der Waals surface area contributed by atoms with Crippen LogP contribution in [0.15, 0.2) is 12.2 Å². The number of ether oxygens (including phenoxy) is 1. The van der Waals surface area contributed by atoms with Crippen molar-refractivity contribution in [3.8, 4) is 0 Å². The number of allylic oxidation sites excluding steroid dienone is 1. The van der Waals surface area contributed by atoms with E-state index in [4.69, 9.17) is 4.74 Å². The second-order valence-electron chi connectivity index (χ2n) is 7.17. The van der Waals surface area contributed by atoms with Gasteiger partial charge in [-0.05, 0) is 31.2 Å². The molecule has 0 bridgehead atoms. The maximum atomic E-state index is 11.7. The number of nitrogens with zero attached hydrogens (tertiary/aromatic N) is 1. The van der Waals surface area contributed by atoms with Crippen molar-refractivity contribution in [2.24, 2.45) is 10.8 Å². The Bertz CT molecular complexity index is 337. The Morgan fingerprint density at radius 1 is 1.20 bits per heavy atom. The third-order valence-corrected chi connectivity index (χ3v) is 3.82. The quantitative estimate of drug-likeness (QED) is 0.453. The molecule has 0 atom stereocenters. The molecule has 0 aliphatic rings. The summed E-state index contributed by atoms with van der Waals surface area (Å²) in [5, 5.41) is 0. The summed E-state index contributed by atoms with van der Waals surface area (Å²) in [6, 6.07) is 0. The van der Waals surface area contributed by atoms with Crippen LogP contribution in [0.2, 0.25) is 0 Å². The summed E-state index contributed by atoms with van der Waals surface area (Å²) >= 11 is 1.73. The molecule has 0 aliphatic heterocycles. The molecule has 0 spiro atoms. The summed E-state index contributed by atoms with van der Waals surface area (Å²) in [6.45, 7) is 16.3. The van der Waals surface area contributed by atoms with E-state index in [0.717, 1.165) is 6.54 Å². The van der Waals surface area contributed by atoms with Crippen molar-refractivity contribution >= 4 is 17.7 Å². The Balaban J connectivity index is 4.21. The molecular formula is C16H31NO2S. The Morgan fingerprint density at radius 2 is 1.70 bits per heavy atom. The molecule has 4 heteroatoms. The van der Waals surface area contributed by atoms with E-state index >= 15 is 0 Å². The lowest BCUT2D eigenvalue weighted by Gasteiger charge is -2.31. The fourth-order valence-electron chi connectivity index (χ4n) is 1.95. The van der Waals surface area contributed by atoms with Crippen molar-refractivity contribution < 1.29 is 9.53 Å². The normalized spacial score (nSPS) is 12.8. The highest BCUT2D eigenvalue weighted by molar-refractivity contribution is 7.96. The van der Waals surface area contributed by atoms with Gasteiger partial charge in [-0.3, -0.25) is 9.10 Å². The van der Waals surface area contributed by atoms with E-state index in [-0.39, 0.29) is 16.6 Å². The fraction of sp³-hybridized carbons (Fsp3) is 0.812. The maximum absolute atomic E-state index is 11.7. The lowest BCUT2D eigenvalue weighted by Crippen LogP contribution is -2.33. The Kier molecular flexibility index (Phi) is 8.07. The van der Waals surface area contributed by atoms with Gasteiger partial charge < -0.3 is 4.74 Å². The molecule has 0 aromatic carbocycles. The average Bonchev–Trinajstić information content (AvgIpc) is 2.26. The second-order valence-corrected chi connectivity index (χ2v) is 8.16. The first-order valence-corrected chi connectivity index (χ1v) is 8.19. The zero-order valence-electron chi connectivity index (χ0n) is 14.2. The van der Waals surface area contributed by atoms with E-state index < -0.39 is 0 Å². The summed E-state index contributed by atoms with van der Waals surface area (Å²) in [6.07, 6.45) is 2.57. The fourth-order valence-corrected chi connectivity index (χ4v) is 2.43. The minimum absolute atomic E-state index is 0.103. The molecule has 0 aliphatic carbocycles. The molecule has 0 heterocycles. The third-order valence-electron chi connectivity index (χ3n) is 3.06. The predicted molar refractivity (Wildman–Crippen MR) is 89.0 cm³/mol. The number of hydrogen-bond acceptors (Lipinski definition) is 4. The highest BCUT2D eigenvalue weighted by atomic mass is 32.2. The highest BCUT2D eigenvalue weighted by Gasteiger charge is 2.25. The lowest BCUT2D eigenvalue weighted by molar-refractivity contribution is -0.118. The summed E-state index contributed by atoms with van der Waals surface area (Å²) < 4.78 is 8.08. The molecule has 0 N–H and O–H groups in total. The predicted octanol–water partition coefficient (Wildman–Crippen LogP) is 3.80. The molecule has 0 amide bonds. The zero-order valence-corrected chi connectivity index (χ0v) is 15.0. The van der Waals surface area contributed by atoms with Crippen molar-refractivity contribution in [3.05, 3.63) is 12.2 Å². The van der Waals surface area contributed by atoms with Crippen LogP contribution in [0, 0.1) is 10.8 Å². The first-order valence-electron chi connectivity index (χ1n) is 7.01. The number of rotatable bonds is 10. The standard InChI is InChI=1S/C16H31NO2S/c1-13(2)14(18)9-15(3,4)11-19-12-16(5,6)10-17(7)20-8/h1,9-12H2,2-8H3. The lowest BCUT2D eigenvalue weighted by atomic mass is 9.86. The first-order chi connectivity index (χ1) is 8.99. The van der Waals surface area contributed by atoms with Crippen molar-refractivity contribution in [1.82, 2.24) is 4.31 Å². The van der Waals surface area contributed by atoms with E-state index in [1.54, 1.807) is 18.9 Å². The van der Waals surface area contributed by atoms with Gasteiger partial charge in [0.15, 0.2) is 5.78 Å². The second kappa shape index (κ2) is 8.20. The molecule has 0 aromatic heterocycles. The van der Waals surface area contributed by atoms with Crippen LogP contribution in [0.25, 0.3) is 0 Å². The smallest absolute Gasteiger partial charge is 0.158 e. The number of hydrogen-bond donors (Lipinski definition) is 0. The van der Waals surface area contributed by atoms with Gasteiger partial charge in [0.2, 0.25) is 0 Å². The molecule has 0 unspecified atom stereocenters. The van der Waals surface area contributed by atoms with Gasteiger partial charge in [-0.15, -0.1) is 0 Å². The minimum Gasteiger partial charge on any atom is -0.380 e. The van der Waals surface area contributed by atoms with Crippen LogP contribution in [0.1, 0.15) is 41.0 Å². The van der Waals surface area contributed by atoms with E-state index in [2.05, 4.69) is 51.9 Å². The van der Waals surface area contributed by atoms with Gasteiger partial charge in [-0.1, -0.05) is 46.2 Å². The Morgan fingerprint density at radius 3 is 2.15 bits per heavy atom. The Labute approximate surface area is 129 Å². The molecule has 0 saturated heterocycles. The number of Topliss-reactive ketones (excluding diaryl/α,β-unsaturated/α-hetero) is 1. The molecule has 0 saturated carbocycles. The highest BCUT2D eigenvalue weighted by Crippen LogP contribution is 2.25. The van der Waals surface area contributed by atoms with Crippen molar-refractivity contribution in [2.45, 2.75) is 41.0 Å². The molecule has 0 rings (SSSR count). The van der Waals surface area contributed by atoms with Crippen LogP contribution >= 0.6 is 11.9 Å². The Hall–Kier alpha value is -0.320. The summed E-state index contributed by atoms with van der Waals surface area (Å²) in [4.78, 5) is 11.7. The van der Waals surface area contributed by atoms with Gasteiger partial charge >= 0.3 is 0 Å². The van der Waals surface area contributed by atoms with Crippen LogP contribution < -0.4 is 0 Å². The summed E-state index contributed by atoms with van der Waals surface area (Å²) in [5.74, 6) is 0.125. The number of carbonyl (C=O) groups excluding carboxylic acids is 1. The molecule has 0 aromatic rings. The maximum Gasteiger partial charge on any atom is 0.158 e. The summed E-state index contributed by atoms with van der Waals surface area (Å²) in [5.41, 5.74) is 0.587. The minimum atomic E-state index is -0.141. The van der Waals surface area contributed by atoms with E-state index in [9.17, 15) is 4.79 Å². The molecule has 3 nitrogen and oxygen atoms in total. The van der Waals surface area contributed by atoms with E-state index in [0.29, 0.717) is 25.2 Å². The number of ketones is 1. The van der Waals surface area contributed by atoms with Crippen LogP contribution in [0.5, 0.6) is 0 Å². The SMILES string of the molecule is C=C(C)C(=O)CC(C)(C)COCC(C)(C)CN(C)SC. The molecule has 0 radical (unpaired) electrons. The van der Waals surface area contributed by atoms with Crippen LogP contribution in [0.3, 0.4) is 0 Å². The van der Waals surface area contributed by atoms with E-state index in [1.165, 1.54) is 0 Å². The monoisotopic (exact) mass is 301 g/mol. The van der Waals surface area contributed by atoms with Gasteiger partial charge in [0, 0.05) is 18.4 Å². The third kappa shape index (κ3) is 8.77. The van der Waals surface area contributed by atoms with Gasteiger partial charge in [-0.2, -0.15) is 0 Å². The molecule has 20 heavy (non-hydrogen) atoms. The van der Waals surface area contributed by atoms with Crippen LogP contribution in [-0.4, -0.2) is 43.2 Å². The van der Waals surface area contributed by atoms with Crippen molar-refractivity contribution in [1.29, 1.82) is 0 Å². The van der Waals surface area contributed by atoms with Crippen molar-refractivity contribution in [3.63, 3.8) is 0 Å². The topological polar surface area (TPSA) is 29.5 Å². The summed E-state index contributed by atoms with van der Waals surface area (Å²) in [7, 11) is 2.09. The molecular weight excluding hydrogens is 270 g/mol. The van der Waals surface area contributed by atoms with Gasteiger partial charge in [0.1, 0.15) is 0 Å². The van der Waals surface area contributed by atoms with Gasteiger partial charge in [0.05, 0.1) is 13.2 Å². The largest absolute Gasteiger partial charge is 0.380 e. The van der Waals surface area contributed by atoms with E-state index in [1.807, 2.05) is 0 Å². The molecule has 0 fully saturated rings.